The third kappa shape index (κ3) is 2.59. The molecular weight excluding hydrogens is 254 g/mol. The van der Waals surface area contributed by atoms with Crippen molar-refractivity contribution in [3.63, 3.8) is 0 Å². The summed E-state index contributed by atoms with van der Waals surface area (Å²) in [6, 6.07) is 0.237. The third-order valence-corrected chi connectivity index (χ3v) is 3.88. The smallest absolute Gasteiger partial charge is 0.244 e. The molecule has 2 aromatic rings. The van der Waals surface area contributed by atoms with Gasteiger partial charge in [0.05, 0.1) is 12.7 Å². The number of aromatic nitrogens is 4. The van der Waals surface area contributed by atoms with Gasteiger partial charge >= 0.3 is 0 Å². The van der Waals surface area contributed by atoms with Gasteiger partial charge < -0.3 is 4.57 Å². The fourth-order valence-electron chi connectivity index (χ4n) is 1.58. The second-order valence-corrected chi connectivity index (χ2v) is 5.87. The van der Waals surface area contributed by atoms with Crippen LogP contribution in [-0.2, 0) is 16.6 Å². The molecule has 0 amide bonds. The minimum atomic E-state index is -3.53. The van der Waals surface area contributed by atoms with Crippen molar-refractivity contribution in [1.82, 2.24) is 24.5 Å². The molecule has 2 aromatic heterocycles. The highest BCUT2D eigenvalue weighted by Gasteiger charge is 2.16. The first-order chi connectivity index (χ1) is 8.50. The molecule has 0 aliphatic carbocycles. The zero-order chi connectivity index (χ0) is 13.2. The zero-order valence-corrected chi connectivity index (χ0v) is 11.0. The minimum Gasteiger partial charge on any atom is -0.331 e. The molecule has 0 spiro atoms. The number of hydrogen-bond donors (Lipinski definition) is 2. The highest BCUT2D eigenvalue weighted by molar-refractivity contribution is 7.89. The molecule has 18 heavy (non-hydrogen) atoms. The fraction of sp³-hybridized carbons (Fsp3) is 0.400. The predicted octanol–water partition coefficient (Wildman–Crippen LogP) is 0.666. The Kier molecular flexibility index (Phi) is 3.48. The Hall–Kier alpha value is -1.67. The van der Waals surface area contributed by atoms with E-state index >= 15 is 0 Å². The van der Waals surface area contributed by atoms with Crippen LogP contribution in [0.3, 0.4) is 0 Å². The molecule has 8 heteroatoms. The van der Waals surface area contributed by atoms with Gasteiger partial charge in [-0.25, -0.2) is 18.1 Å². The summed E-state index contributed by atoms with van der Waals surface area (Å²) in [5.41, 5.74) is 0. The molecule has 98 valence electrons. The standard InChI is InChI=1S/C10H15N5O2S/c1-8(2)15-4-3-11-10(15)7-14-18(16,17)9-5-12-13-6-9/h3-6,8,14H,7H2,1-2H3,(H,12,13). The Morgan fingerprint density at radius 1 is 1.50 bits per heavy atom. The van der Waals surface area contributed by atoms with Crippen molar-refractivity contribution in [3.05, 3.63) is 30.6 Å². The Morgan fingerprint density at radius 2 is 2.28 bits per heavy atom. The van der Waals surface area contributed by atoms with Gasteiger partial charge in [-0.15, -0.1) is 0 Å². The first-order valence-corrected chi connectivity index (χ1v) is 6.99. The van der Waals surface area contributed by atoms with E-state index < -0.39 is 10.0 Å². The van der Waals surface area contributed by atoms with Crippen molar-refractivity contribution >= 4 is 10.0 Å². The topological polar surface area (TPSA) is 92.7 Å². The van der Waals surface area contributed by atoms with Crippen molar-refractivity contribution in [1.29, 1.82) is 0 Å². The molecule has 0 bridgehead atoms. The highest BCUT2D eigenvalue weighted by Crippen LogP contribution is 2.09. The molecule has 0 unspecified atom stereocenters. The molecular formula is C10H15N5O2S. The first kappa shape index (κ1) is 12.8. The lowest BCUT2D eigenvalue weighted by Gasteiger charge is -2.11. The SMILES string of the molecule is CC(C)n1ccnc1CNS(=O)(=O)c1cn[nH]c1. The summed E-state index contributed by atoms with van der Waals surface area (Å²) in [6.45, 7) is 4.17. The fourth-order valence-corrected chi connectivity index (χ4v) is 2.47. The largest absolute Gasteiger partial charge is 0.331 e. The molecule has 0 saturated carbocycles. The van der Waals surface area contributed by atoms with E-state index in [0.717, 1.165) is 0 Å². The number of rotatable bonds is 5. The number of H-pyrrole nitrogens is 1. The lowest BCUT2D eigenvalue weighted by Crippen LogP contribution is -2.25. The molecule has 2 heterocycles. The summed E-state index contributed by atoms with van der Waals surface area (Å²) in [6.07, 6.45) is 6.07. The van der Waals surface area contributed by atoms with Crippen molar-refractivity contribution in [2.45, 2.75) is 31.3 Å². The summed E-state index contributed by atoms with van der Waals surface area (Å²) in [7, 11) is -3.53. The summed E-state index contributed by atoms with van der Waals surface area (Å²) >= 11 is 0. The van der Waals surface area contributed by atoms with Gasteiger partial charge in [-0.1, -0.05) is 0 Å². The van der Waals surface area contributed by atoms with Gasteiger partial charge in [0.2, 0.25) is 10.0 Å². The van der Waals surface area contributed by atoms with Crippen LogP contribution in [0, 0.1) is 0 Å². The molecule has 0 aromatic carbocycles. The molecule has 2 N–H and O–H groups in total. The Bertz CT molecular complexity index is 600. The molecule has 0 saturated heterocycles. The molecule has 0 fully saturated rings. The first-order valence-electron chi connectivity index (χ1n) is 5.51. The molecule has 2 rings (SSSR count). The van der Waals surface area contributed by atoms with E-state index in [-0.39, 0.29) is 17.5 Å². The van der Waals surface area contributed by atoms with E-state index in [2.05, 4.69) is 19.9 Å². The van der Waals surface area contributed by atoms with Crippen LogP contribution in [0.1, 0.15) is 25.7 Å². The van der Waals surface area contributed by atoms with Gasteiger partial charge in [0, 0.05) is 24.6 Å². The third-order valence-electron chi connectivity index (χ3n) is 2.51. The average molecular weight is 269 g/mol. The van der Waals surface area contributed by atoms with E-state index in [9.17, 15) is 8.42 Å². The summed E-state index contributed by atoms with van der Waals surface area (Å²) < 4.78 is 28.1. The monoisotopic (exact) mass is 269 g/mol. The van der Waals surface area contributed by atoms with Crippen LogP contribution in [0.25, 0.3) is 0 Å². The Labute approximate surface area is 105 Å². The van der Waals surface area contributed by atoms with Crippen LogP contribution in [0.4, 0.5) is 0 Å². The molecule has 0 aliphatic rings. The van der Waals surface area contributed by atoms with E-state index in [0.29, 0.717) is 5.82 Å². The van der Waals surface area contributed by atoms with Gasteiger partial charge in [-0.05, 0) is 13.8 Å². The lowest BCUT2D eigenvalue weighted by molar-refractivity contribution is 0.549. The number of aromatic amines is 1. The van der Waals surface area contributed by atoms with Crippen molar-refractivity contribution in [2.24, 2.45) is 0 Å². The predicted molar refractivity (Wildman–Crippen MR) is 65.2 cm³/mol. The molecule has 0 radical (unpaired) electrons. The van der Waals surface area contributed by atoms with Crippen LogP contribution in [-0.4, -0.2) is 28.2 Å². The Morgan fingerprint density at radius 3 is 2.89 bits per heavy atom. The van der Waals surface area contributed by atoms with E-state index in [1.165, 1.54) is 12.4 Å². The molecule has 0 aliphatic heterocycles. The second kappa shape index (κ2) is 4.91. The van der Waals surface area contributed by atoms with Gasteiger partial charge in [-0.3, -0.25) is 5.10 Å². The van der Waals surface area contributed by atoms with Gasteiger partial charge in [0.1, 0.15) is 10.7 Å². The lowest BCUT2D eigenvalue weighted by atomic mass is 10.4. The van der Waals surface area contributed by atoms with Crippen LogP contribution < -0.4 is 4.72 Å². The maximum atomic E-state index is 11.9. The number of hydrogen-bond acceptors (Lipinski definition) is 4. The van der Waals surface area contributed by atoms with Crippen molar-refractivity contribution in [2.75, 3.05) is 0 Å². The maximum Gasteiger partial charge on any atom is 0.244 e. The van der Waals surface area contributed by atoms with Gasteiger partial charge in [-0.2, -0.15) is 5.10 Å². The number of nitrogens with one attached hydrogen (secondary N) is 2. The molecule has 0 atom stereocenters. The van der Waals surface area contributed by atoms with Crippen LogP contribution >= 0.6 is 0 Å². The average Bonchev–Trinajstić information content (AvgIpc) is 2.97. The van der Waals surface area contributed by atoms with Gasteiger partial charge in [0.15, 0.2) is 0 Å². The number of imidazole rings is 1. The van der Waals surface area contributed by atoms with Gasteiger partial charge in [0.25, 0.3) is 0 Å². The summed E-state index contributed by atoms with van der Waals surface area (Å²) in [4.78, 5) is 4.25. The minimum absolute atomic E-state index is 0.116. The zero-order valence-electron chi connectivity index (χ0n) is 10.2. The molecule has 7 nitrogen and oxygen atoms in total. The van der Waals surface area contributed by atoms with Crippen LogP contribution in [0.5, 0.6) is 0 Å². The second-order valence-electron chi connectivity index (χ2n) is 4.10. The van der Waals surface area contributed by atoms with E-state index in [1.807, 2.05) is 24.6 Å². The maximum absolute atomic E-state index is 11.9. The summed E-state index contributed by atoms with van der Waals surface area (Å²) in [5, 5.41) is 6.08. The van der Waals surface area contributed by atoms with Crippen LogP contribution in [0.2, 0.25) is 0 Å². The highest BCUT2D eigenvalue weighted by atomic mass is 32.2. The van der Waals surface area contributed by atoms with E-state index in [1.54, 1.807) is 6.20 Å². The van der Waals surface area contributed by atoms with E-state index in [4.69, 9.17) is 0 Å². The van der Waals surface area contributed by atoms with Crippen molar-refractivity contribution < 1.29 is 8.42 Å². The summed E-state index contributed by atoms with van der Waals surface area (Å²) in [5.74, 6) is 0.678. The quantitative estimate of drug-likeness (QED) is 0.834. The Balaban J connectivity index is 2.10. The van der Waals surface area contributed by atoms with Crippen LogP contribution in [0.15, 0.2) is 29.7 Å². The number of nitrogens with zero attached hydrogens (tertiary/aromatic N) is 3. The number of sulfonamides is 1. The normalized spacial score (nSPS) is 12.2. The van der Waals surface area contributed by atoms with Crippen molar-refractivity contribution in [3.8, 4) is 0 Å².